The number of carboxylic acid groups (broad SMARTS) is 1. The highest BCUT2D eigenvalue weighted by molar-refractivity contribution is 5.79. The van der Waals surface area contributed by atoms with Crippen LogP contribution in [0.15, 0.2) is 0 Å². The van der Waals surface area contributed by atoms with E-state index in [1.807, 2.05) is 11.8 Å². The van der Waals surface area contributed by atoms with Gasteiger partial charge < -0.3 is 10.0 Å². The molecule has 2 heterocycles. The second kappa shape index (κ2) is 4.92. The third-order valence-corrected chi connectivity index (χ3v) is 3.76. The number of carboxylic acids is 1. The van der Waals surface area contributed by atoms with Crippen molar-refractivity contribution in [1.29, 1.82) is 5.26 Å². The third-order valence-electron chi connectivity index (χ3n) is 3.76. The molecule has 0 aromatic carbocycles. The van der Waals surface area contributed by atoms with Crippen molar-refractivity contribution in [1.82, 2.24) is 9.78 Å². The van der Waals surface area contributed by atoms with Crippen LogP contribution in [0.2, 0.25) is 0 Å². The number of hydrogen-bond donors (Lipinski definition) is 1. The van der Waals surface area contributed by atoms with Gasteiger partial charge in [0.15, 0.2) is 0 Å². The van der Waals surface area contributed by atoms with Crippen molar-refractivity contribution in [3.63, 3.8) is 0 Å². The van der Waals surface area contributed by atoms with Crippen LogP contribution in [-0.4, -0.2) is 33.4 Å². The van der Waals surface area contributed by atoms with E-state index < -0.39 is 12.0 Å². The number of hydrogen-bond acceptors (Lipinski definition) is 4. The molecule has 1 aromatic rings. The molecule has 0 amide bonds. The van der Waals surface area contributed by atoms with Crippen molar-refractivity contribution in [2.45, 2.75) is 32.7 Å². The molecule has 6 nitrogen and oxygen atoms in total. The Morgan fingerprint density at radius 3 is 2.84 bits per heavy atom. The minimum atomic E-state index is -0.838. The minimum Gasteiger partial charge on any atom is -0.480 e. The van der Waals surface area contributed by atoms with Gasteiger partial charge in [-0.05, 0) is 25.7 Å². The van der Waals surface area contributed by atoms with Gasteiger partial charge in [0, 0.05) is 13.6 Å². The van der Waals surface area contributed by atoms with Crippen molar-refractivity contribution < 1.29 is 9.90 Å². The van der Waals surface area contributed by atoms with E-state index in [0.29, 0.717) is 23.6 Å². The molecule has 2 atom stereocenters. The molecule has 1 fully saturated rings. The molecular weight excluding hydrogens is 244 g/mol. The summed E-state index contributed by atoms with van der Waals surface area (Å²) in [6.45, 7) is 4.36. The average molecular weight is 262 g/mol. The maximum atomic E-state index is 11.5. The predicted octanol–water partition coefficient (Wildman–Crippen LogP) is 1.29. The summed E-state index contributed by atoms with van der Waals surface area (Å²) in [5.41, 5.74) is 1.12. The Morgan fingerprint density at radius 1 is 1.58 bits per heavy atom. The molecule has 1 aliphatic rings. The van der Waals surface area contributed by atoms with Gasteiger partial charge >= 0.3 is 5.97 Å². The molecule has 0 spiro atoms. The number of aliphatic carboxylic acids is 1. The second-order valence-electron chi connectivity index (χ2n) is 5.12. The molecule has 0 bridgehead atoms. The van der Waals surface area contributed by atoms with Crippen LogP contribution in [0.25, 0.3) is 0 Å². The Labute approximate surface area is 112 Å². The molecule has 19 heavy (non-hydrogen) atoms. The van der Waals surface area contributed by atoms with Crippen LogP contribution in [0.5, 0.6) is 0 Å². The molecule has 1 aromatic heterocycles. The first kappa shape index (κ1) is 13.4. The van der Waals surface area contributed by atoms with Crippen LogP contribution in [0.4, 0.5) is 5.82 Å². The molecule has 2 rings (SSSR count). The number of nitriles is 1. The highest BCUT2D eigenvalue weighted by Gasteiger charge is 2.37. The number of aryl methyl sites for hydroxylation is 2. The summed E-state index contributed by atoms with van der Waals surface area (Å²) in [6, 6.07) is 1.55. The maximum absolute atomic E-state index is 11.5. The molecule has 102 valence electrons. The third kappa shape index (κ3) is 2.16. The Kier molecular flexibility index (Phi) is 3.47. The first-order valence-electron chi connectivity index (χ1n) is 6.40. The summed E-state index contributed by atoms with van der Waals surface area (Å²) in [6.07, 6.45) is 1.83. The number of piperidine rings is 1. The molecular formula is C13H18N4O2. The Bertz CT molecular complexity index is 544. The SMILES string of the molecule is Cc1nn(C)c(N2CCCC(C)C2C(=O)O)c1C#N. The first-order valence-corrected chi connectivity index (χ1v) is 6.40. The number of nitrogens with zero attached hydrogens (tertiary/aromatic N) is 4. The van der Waals surface area contributed by atoms with Crippen molar-refractivity contribution in [3.05, 3.63) is 11.3 Å². The van der Waals surface area contributed by atoms with Gasteiger partial charge in [-0.15, -0.1) is 0 Å². The van der Waals surface area contributed by atoms with Crippen LogP contribution in [-0.2, 0) is 11.8 Å². The zero-order chi connectivity index (χ0) is 14.2. The molecule has 0 aliphatic carbocycles. The van der Waals surface area contributed by atoms with E-state index in [2.05, 4.69) is 11.2 Å². The molecule has 1 N–H and O–H groups in total. The summed E-state index contributed by atoms with van der Waals surface area (Å²) in [7, 11) is 1.75. The fourth-order valence-electron chi connectivity index (χ4n) is 2.91. The van der Waals surface area contributed by atoms with E-state index in [0.717, 1.165) is 12.8 Å². The quantitative estimate of drug-likeness (QED) is 0.868. The Hall–Kier alpha value is -2.03. The zero-order valence-electron chi connectivity index (χ0n) is 11.4. The standard InChI is InChI=1S/C13H18N4O2/c1-8-5-4-6-17(11(8)13(18)19)12-10(7-14)9(2)15-16(12)3/h8,11H,4-6H2,1-3H3,(H,18,19). The van der Waals surface area contributed by atoms with Gasteiger partial charge in [0.05, 0.1) is 5.69 Å². The highest BCUT2D eigenvalue weighted by atomic mass is 16.4. The van der Waals surface area contributed by atoms with E-state index in [1.165, 1.54) is 0 Å². The summed E-state index contributed by atoms with van der Waals surface area (Å²) >= 11 is 0. The first-order chi connectivity index (χ1) is 8.97. The van der Waals surface area contributed by atoms with Gasteiger partial charge in [0.2, 0.25) is 0 Å². The van der Waals surface area contributed by atoms with Crippen molar-refractivity contribution >= 4 is 11.8 Å². The molecule has 0 radical (unpaired) electrons. The molecule has 6 heteroatoms. The Morgan fingerprint density at radius 2 is 2.26 bits per heavy atom. The zero-order valence-corrected chi connectivity index (χ0v) is 11.4. The van der Waals surface area contributed by atoms with Gasteiger partial charge in [-0.25, -0.2) is 4.79 Å². The topological polar surface area (TPSA) is 82.2 Å². The van der Waals surface area contributed by atoms with Crippen LogP contribution in [0.1, 0.15) is 31.0 Å². The van der Waals surface area contributed by atoms with E-state index in [-0.39, 0.29) is 5.92 Å². The monoisotopic (exact) mass is 262 g/mol. The molecule has 1 aliphatic heterocycles. The summed E-state index contributed by atoms with van der Waals surface area (Å²) < 4.78 is 1.61. The van der Waals surface area contributed by atoms with E-state index in [4.69, 9.17) is 0 Å². The maximum Gasteiger partial charge on any atom is 0.326 e. The van der Waals surface area contributed by atoms with Crippen LogP contribution < -0.4 is 4.90 Å². The van der Waals surface area contributed by atoms with Gasteiger partial charge in [0.25, 0.3) is 0 Å². The van der Waals surface area contributed by atoms with Crippen molar-refractivity contribution in [2.24, 2.45) is 13.0 Å². The highest BCUT2D eigenvalue weighted by Crippen LogP contribution is 2.31. The number of carbonyl (C=O) groups is 1. The van der Waals surface area contributed by atoms with Crippen molar-refractivity contribution in [3.8, 4) is 6.07 Å². The Balaban J connectivity index is 2.50. The normalized spacial score (nSPS) is 23.2. The fraction of sp³-hybridized carbons (Fsp3) is 0.615. The van der Waals surface area contributed by atoms with Crippen LogP contribution in [0, 0.1) is 24.2 Å². The summed E-state index contributed by atoms with van der Waals surface area (Å²) in [5, 5.41) is 22.9. The second-order valence-corrected chi connectivity index (χ2v) is 5.12. The minimum absolute atomic E-state index is 0.0630. The predicted molar refractivity (Wildman–Crippen MR) is 69.8 cm³/mol. The van der Waals surface area contributed by atoms with Crippen LogP contribution >= 0.6 is 0 Å². The lowest BCUT2D eigenvalue weighted by atomic mass is 9.90. The number of rotatable bonds is 2. The van der Waals surface area contributed by atoms with Gasteiger partial charge in [-0.1, -0.05) is 6.92 Å². The number of aromatic nitrogens is 2. The van der Waals surface area contributed by atoms with Crippen LogP contribution in [0.3, 0.4) is 0 Å². The number of anilines is 1. The molecule has 2 unspecified atom stereocenters. The smallest absolute Gasteiger partial charge is 0.326 e. The summed E-state index contributed by atoms with van der Waals surface area (Å²) in [4.78, 5) is 13.3. The molecule has 1 saturated heterocycles. The fourth-order valence-corrected chi connectivity index (χ4v) is 2.91. The van der Waals surface area contributed by atoms with E-state index >= 15 is 0 Å². The summed E-state index contributed by atoms with van der Waals surface area (Å²) in [5.74, 6) is -0.151. The average Bonchev–Trinajstić information content (AvgIpc) is 2.62. The largest absolute Gasteiger partial charge is 0.480 e. The lowest BCUT2D eigenvalue weighted by molar-refractivity contribution is -0.140. The van der Waals surface area contributed by atoms with E-state index in [9.17, 15) is 15.2 Å². The lowest BCUT2D eigenvalue weighted by Crippen LogP contribution is -2.50. The lowest BCUT2D eigenvalue weighted by Gasteiger charge is -2.38. The van der Waals surface area contributed by atoms with E-state index in [1.54, 1.807) is 18.7 Å². The van der Waals surface area contributed by atoms with Crippen molar-refractivity contribution in [2.75, 3.05) is 11.4 Å². The van der Waals surface area contributed by atoms with Gasteiger partial charge in [-0.2, -0.15) is 10.4 Å². The van der Waals surface area contributed by atoms with Gasteiger partial charge in [-0.3, -0.25) is 4.68 Å². The molecule has 0 saturated carbocycles. The van der Waals surface area contributed by atoms with Gasteiger partial charge in [0.1, 0.15) is 23.5 Å².